The van der Waals surface area contributed by atoms with Gasteiger partial charge in [-0.1, -0.05) is 0 Å². The van der Waals surface area contributed by atoms with Gasteiger partial charge in [0.15, 0.2) is 0 Å². The molecule has 3 nitrogen and oxygen atoms in total. The first kappa shape index (κ1) is 15.1. The molecular weight excluding hydrogens is 328 g/mol. The van der Waals surface area contributed by atoms with Crippen molar-refractivity contribution in [1.29, 1.82) is 0 Å². The maximum absolute atomic E-state index is 14.3. The first-order chi connectivity index (χ1) is 9.49. The van der Waals surface area contributed by atoms with Crippen LogP contribution in [0.15, 0.2) is 22.7 Å². The Labute approximate surface area is 125 Å². The molecule has 1 N–H and O–H groups in total. The molecule has 2 rings (SSSR count). The first-order valence-electron chi connectivity index (χ1n) is 6.34. The van der Waals surface area contributed by atoms with Gasteiger partial charge in [-0.3, -0.25) is 4.68 Å². The van der Waals surface area contributed by atoms with Gasteiger partial charge in [-0.05, 0) is 55.0 Å². The van der Waals surface area contributed by atoms with Gasteiger partial charge in [0, 0.05) is 12.1 Å². The summed E-state index contributed by atoms with van der Waals surface area (Å²) in [6.45, 7) is 4.44. The average molecular weight is 344 g/mol. The van der Waals surface area contributed by atoms with Crippen LogP contribution in [0, 0.1) is 18.6 Å². The third-order valence-corrected chi connectivity index (χ3v) is 3.80. The molecule has 0 aliphatic carbocycles. The summed E-state index contributed by atoms with van der Waals surface area (Å²) in [7, 11) is 1.67. The van der Waals surface area contributed by atoms with E-state index in [-0.39, 0.29) is 10.0 Å². The zero-order valence-corrected chi connectivity index (χ0v) is 13.1. The summed E-state index contributed by atoms with van der Waals surface area (Å²) in [6.07, 6.45) is 0. The Morgan fingerprint density at radius 3 is 2.70 bits per heavy atom. The number of hydrogen-bond donors (Lipinski definition) is 1. The smallest absolute Gasteiger partial charge is 0.145 e. The van der Waals surface area contributed by atoms with Gasteiger partial charge >= 0.3 is 0 Å². The van der Waals surface area contributed by atoms with Gasteiger partial charge in [-0.2, -0.15) is 5.10 Å². The van der Waals surface area contributed by atoms with Crippen LogP contribution in [0.5, 0.6) is 0 Å². The maximum atomic E-state index is 14.3. The minimum absolute atomic E-state index is 0.00326. The largest absolute Gasteiger partial charge is 0.308 e. The number of hydrogen-bond acceptors (Lipinski definition) is 2. The number of benzene rings is 1. The number of nitrogens with one attached hydrogen (secondary N) is 1. The molecular formula is C14H16BrF2N3. The normalized spacial score (nSPS) is 12.7. The summed E-state index contributed by atoms with van der Waals surface area (Å²) in [5, 5.41) is 7.30. The van der Waals surface area contributed by atoms with Crippen molar-refractivity contribution in [2.75, 3.05) is 7.05 Å². The van der Waals surface area contributed by atoms with Gasteiger partial charge in [-0.15, -0.1) is 0 Å². The number of rotatable bonds is 4. The van der Waals surface area contributed by atoms with E-state index in [1.54, 1.807) is 11.7 Å². The second-order valence-electron chi connectivity index (χ2n) is 4.50. The quantitative estimate of drug-likeness (QED) is 0.860. The van der Waals surface area contributed by atoms with Crippen LogP contribution in [0.3, 0.4) is 0 Å². The summed E-state index contributed by atoms with van der Waals surface area (Å²) in [5.41, 5.74) is 1.55. The van der Waals surface area contributed by atoms with Crippen molar-refractivity contribution in [2.24, 2.45) is 0 Å². The van der Waals surface area contributed by atoms with E-state index in [2.05, 4.69) is 26.3 Å². The van der Waals surface area contributed by atoms with Crippen molar-refractivity contribution in [3.8, 4) is 0 Å². The second kappa shape index (κ2) is 6.01. The Bertz CT molecular complexity index is 625. The van der Waals surface area contributed by atoms with E-state index in [1.807, 2.05) is 19.9 Å². The lowest BCUT2D eigenvalue weighted by molar-refractivity contribution is 0.494. The Balaban J connectivity index is 2.61. The molecule has 0 radical (unpaired) electrons. The van der Waals surface area contributed by atoms with Crippen molar-refractivity contribution < 1.29 is 8.78 Å². The van der Waals surface area contributed by atoms with Crippen LogP contribution in [0.1, 0.15) is 29.9 Å². The first-order valence-corrected chi connectivity index (χ1v) is 7.13. The Morgan fingerprint density at radius 1 is 1.40 bits per heavy atom. The van der Waals surface area contributed by atoms with Gasteiger partial charge in [0.25, 0.3) is 0 Å². The SMILES string of the molecule is CCn1nc(C)cc1C(NC)c1c(F)ccc(Br)c1F. The molecule has 1 aromatic heterocycles. The van der Waals surface area contributed by atoms with Crippen molar-refractivity contribution in [1.82, 2.24) is 15.1 Å². The van der Waals surface area contributed by atoms with Gasteiger partial charge in [0.2, 0.25) is 0 Å². The summed E-state index contributed by atoms with van der Waals surface area (Å²) in [4.78, 5) is 0. The van der Waals surface area contributed by atoms with E-state index in [0.29, 0.717) is 6.54 Å². The molecule has 0 bridgehead atoms. The van der Waals surface area contributed by atoms with E-state index in [1.165, 1.54) is 12.1 Å². The van der Waals surface area contributed by atoms with Gasteiger partial charge in [0.05, 0.1) is 21.9 Å². The molecule has 1 atom stereocenters. The lowest BCUT2D eigenvalue weighted by atomic mass is 10.0. The molecule has 0 aliphatic rings. The fourth-order valence-corrected chi connectivity index (χ4v) is 2.64. The van der Waals surface area contributed by atoms with Crippen LogP contribution in [-0.2, 0) is 6.54 Å². The lowest BCUT2D eigenvalue weighted by Gasteiger charge is -2.19. The highest BCUT2D eigenvalue weighted by atomic mass is 79.9. The average Bonchev–Trinajstić information content (AvgIpc) is 2.80. The van der Waals surface area contributed by atoms with Crippen LogP contribution in [0.2, 0.25) is 0 Å². The number of nitrogens with zero attached hydrogens (tertiary/aromatic N) is 2. The van der Waals surface area contributed by atoms with Gasteiger partial charge in [0.1, 0.15) is 11.6 Å². The molecule has 6 heteroatoms. The van der Waals surface area contributed by atoms with E-state index < -0.39 is 17.7 Å². The van der Waals surface area contributed by atoms with Crippen molar-refractivity contribution in [3.63, 3.8) is 0 Å². The molecule has 1 aromatic carbocycles. The Morgan fingerprint density at radius 2 is 2.10 bits per heavy atom. The van der Waals surface area contributed by atoms with E-state index >= 15 is 0 Å². The molecule has 0 saturated carbocycles. The fourth-order valence-electron chi connectivity index (χ4n) is 2.30. The topological polar surface area (TPSA) is 29.9 Å². The zero-order valence-electron chi connectivity index (χ0n) is 11.5. The summed E-state index contributed by atoms with van der Waals surface area (Å²) in [5.74, 6) is -1.17. The fraction of sp³-hybridized carbons (Fsp3) is 0.357. The highest BCUT2D eigenvalue weighted by Gasteiger charge is 2.25. The predicted octanol–water partition coefficient (Wildman–Crippen LogP) is 3.56. The minimum atomic E-state index is -0.592. The third kappa shape index (κ3) is 2.62. The molecule has 108 valence electrons. The molecule has 1 unspecified atom stereocenters. The maximum Gasteiger partial charge on any atom is 0.145 e. The highest BCUT2D eigenvalue weighted by Crippen LogP contribution is 2.30. The molecule has 20 heavy (non-hydrogen) atoms. The Hall–Kier alpha value is -1.27. The Kier molecular flexibility index (Phi) is 4.55. The van der Waals surface area contributed by atoms with Crippen LogP contribution in [0.4, 0.5) is 8.78 Å². The van der Waals surface area contributed by atoms with Crippen LogP contribution in [0.25, 0.3) is 0 Å². The lowest BCUT2D eigenvalue weighted by Crippen LogP contribution is -2.23. The standard InChI is InChI=1S/C14H16BrF2N3/c1-4-20-11(7-8(2)19-20)14(18-3)12-10(16)6-5-9(15)13(12)17/h5-7,14,18H,4H2,1-3H3. The third-order valence-electron chi connectivity index (χ3n) is 3.19. The molecule has 0 amide bonds. The minimum Gasteiger partial charge on any atom is -0.308 e. The van der Waals surface area contributed by atoms with E-state index in [4.69, 9.17) is 0 Å². The zero-order chi connectivity index (χ0) is 14.9. The summed E-state index contributed by atoms with van der Waals surface area (Å²) >= 11 is 3.10. The van der Waals surface area contributed by atoms with Crippen molar-refractivity contribution >= 4 is 15.9 Å². The number of aryl methyl sites for hydroxylation is 2. The highest BCUT2D eigenvalue weighted by molar-refractivity contribution is 9.10. The van der Waals surface area contributed by atoms with Crippen LogP contribution < -0.4 is 5.32 Å². The monoisotopic (exact) mass is 343 g/mol. The van der Waals surface area contributed by atoms with Crippen LogP contribution >= 0.6 is 15.9 Å². The molecule has 0 saturated heterocycles. The van der Waals surface area contributed by atoms with Crippen LogP contribution in [-0.4, -0.2) is 16.8 Å². The number of halogens is 3. The second-order valence-corrected chi connectivity index (χ2v) is 5.36. The number of aromatic nitrogens is 2. The summed E-state index contributed by atoms with van der Waals surface area (Å²) < 4.78 is 30.3. The molecule has 0 spiro atoms. The molecule has 1 heterocycles. The van der Waals surface area contributed by atoms with Gasteiger partial charge in [-0.25, -0.2) is 8.78 Å². The van der Waals surface area contributed by atoms with Crippen molar-refractivity contribution in [3.05, 3.63) is 51.3 Å². The summed E-state index contributed by atoms with van der Waals surface area (Å²) in [6, 6.07) is 3.87. The molecule has 0 fully saturated rings. The van der Waals surface area contributed by atoms with Crippen molar-refractivity contribution in [2.45, 2.75) is 26.4 Å². The molecule has 0 aliphatic heterocycles. The predicted molar refractivity (Wildman–Crippen MR) is 77.6 cm³/mol. The molecule has 2 aromatic rings. The van der Waals surface area contributed by atoms with E-state index in [0.717, 1.165) is 11.4 Å². The van der Waals surface area contributed by atoms with Gasteiger partial charge < -0.3 is 5.32 Å². The van der Waals surface area contributed by atoms with E-state index in [9.17, 15) is 8.78 Å².